The Morgan fingerprint density at radius 3 is 1.37 bits per heavy atom. The lowest BCUT2D eigenvalue weighted by Crippen LogP contribution is -2.01. The minimum absolute atomic E-state index is 0.606. The van der Waals surface area contributed by atoms with Crippen molar-refractivity contribution in [2.24, 2.45) is 0 Å². The van der Waals surface area contributed by atoms with E-state index in [0.29, 0.717) is 17.5 Å². The fourth-order valence-corrected chi connectivity index (χ4v) is 6.89. The van der Waals surface area contributed by atoms with Crippen molar-refractivity contribution in [1.29, 1.82) is 0 Å². The van der Waals surface area contributed by atoms with Gasteiger partial charge in [0.2, 0.25) is 0 Å². The van der Waals surface area contributed by atoms with Crippen LogP contribution in [-0.2, 0) is 0 Å². The highest BCUT2D eigenvalue weighted by Gasteiger charge is 2.17. The monoisotopic (exact) mass is 652 g/mol. The zero-order valence-corrected chi connectivity index (χ0v) is 27.3. The van der Waals surface area contributed by atoms with Gasteiger partial charge < -0.3 is 0 Å². The van der Waals surface area contributed by atoms with Gasteiger partial charge >= 0.3 is 0 Å². The molecule has 0 atom stereocenters. The van der Waals surface area contributed by atoms with E-state index in [1.807, 2.05) is 12.3 Å². The first-order chi connectivity index (χ1) is 25.2. The smallest absolute Gasteiger partial charge is 0.164 e. The van der Waals surface area contributed by atoms with Crippen LogP contribution in [0, 0.1) is 0 Å². The number of pyridine rings is 1. The van der Waals surface area contributed by atoms with E-state index in [-0.39, 0.29) is 0 Å². The molecule has 3 aromatic heterocycles. The minimum Gasteiger partial charge on any atom is -0.291 e. The first-order valence-corrected chi connectivity index (χ1v) is 16.9. The van der Waals surface area contributed by atoms with Gasteiger partial charge in [-0.25, -0.2) is 19.9 Å². The number of imidazole rings is 1. The molecule has 3 heterocycles. The first kappa shape index (κ1) is 28.9. The minimum atomic E-state index is 0.606. The summed E-state index contributed by atoms with van der Waals surface area (Å²) in [6.07, 6.45) is 3.66. The second kappa shape index (κ2) is 11.8. The topological polar surface area (TPSA) is 69.4 Å². The van der Waals surface area contributed by atoms with Crippen molar-refractivity contribution in [3.05, 3.63) is 170 Å². The van der Waals surface area contributed by atoms with Gasteiger partial charge in [0.05, 0.1) is 17.2 Å². The lowest BCUT2D eigenvalue weighted by molar-refractivity contribution is 1.07. The molecular formula is C45H28N6. The Morgan fingerprint density at radius 2 is 0.824 bits per heavy atom. The second-order valence-corrected chi connectivity index (χ2v) is 12.7. The molecule has 238 valence electrons. The van der Waals surface area contributed by atoms with Gasteiger partial charge in [-0.2, -0.15) is 0 Å². The van der Waals surface area contributed by atoms with Gasteiger partial charge in [0, 0.05) is 34.1 Å². The third kappa shape index (κ3) is 5.18. The second-order valence-electron chi connectivity index (χ2n) is 12.7. The lowest BCUT2D eigenvalue weighted by Gasteiger charge is -2.12. The van der Waals surface area contributed by atoms with Gasteiger partial charge in [0.25, 0.3) is 0 Å². The Morgan fingerprint density at radius 1 is 0.373 bits per heavy atom. The van der Waals surface area contributed by atoms with Crippen LogP contribution in [0.2, 0.25) is 0 Å². The number of nitrogens with zero attached hydrogens (tertiary/aromatic N) is 6. The molecule has 0 aliphatic rings. The molecular weight excluding hydrogens is 625 g/mol. The van der Waals surface area contributed by atoms with E-state index in [2.05, 4.69) is 161 Å². The maximum atomic E-state index is 5.07. The molecule has 6 heteroatoms. The predicted molar refractivity (Wildman–Crippen MR) is 207 cm³/mol. The average Bonchev–Trinajstić information content (AvgIpc) is 3.60. The molecule has 0 saturated heterocycles. The molecule has 0 spiro atoms. The average molecular weight is 653 g/mol. The summed E-state index contributed by atoms with van der Waals surface area (Å²) >= 11 is 0. The van der Waals surface area contributed by atoms with Crippen molar-refractivity contribution in [2.45, 2.75) is 0 Å². The summed E-state index contributed by atoms with van der Waals surface area (Å²) in [6.45, 7) is 0. The number of hydrogen-bond acceptors (Lipinski definition) is 5. The molecule has 0 saturated carbocycles. The summed E-state index contributed by atoms with van der Waals surface area (Å²) < 4.78 is 2.17. The molecule has 10 rings (SSSR count). The van der Waals surface area contributed by atoms with Gasteiger partial charge in [0.15, 0.2) is 17.5 Å². The Labute approximate surface area is 293 Å². The highest BCUT2D eigenvalue weighted by atomic mass is 15.1. The zero-order valence-electron chi connectivity index (χ0n) is 27.3. The van der Waals surface area contributed by atoms with E-state index in [0.717, 1.165) is 55.6 Å². The standard InChI is InChI=1S/C45H28N6/c1-4-10-33-25-36(16-13-29(33)7-1)43-48-42(49-44(50-43)37-17-14-30-8-2-5-11-34(30)26-37)32-19-21-39(22-20-32)51-41-28-46-24-23-40(41)47-45(51)38-18-15-31-9-3-6-12-35(31)27-38/h1-28H. The summed E-state index contributed by atoms with van der Waals surface area (Å²) in [5.41, 5.74) is 6.59. The highest BCUT2D eigenvalue weighted by Crippen LogP contribution is 2.33. The van der Waals surface area contributed by atoms with E-state index in [9.17, 15) is 0 Å². The summed E-state index contributed by atoms with van der Waals surface area (Å²) in [6, 6.07) is 54.6. The van der Waals surface area contributed by atoms with Gasteiger partial charge in [-0.1, -0.05) is 109 Å². The lowest BCUT2D eigenvalue weighted by atomic mass is 10.1. The van der Waals surface area contributed by atoms with Gasteiger partial charge in [-0.15, -0.1) is 0 Å². The van der Waals surface area contributed by atoms with Crippen LogP contribution in [0.3, 0.4) is 0 Å². The van der Waals surface area contributed by atoms with Crippen molar-refractivity contribution >= 4 is 43.4 Å². The largest absolute Gasteiger partial charge is 0.291 e. The molecule has 51 heavy (non-hydrogen) atoms. The Balaban J connectivity index is 1.11. The van der Waals surface area contributed by atoms with Crippen molar-refractivity contribution in [3.8, 4) is 51.2 Å². The van der Waals surface area contributed by atoms with Crippen molar-refractivity contribution in [1.82, 2.24) is 29.5 Å². The van der Waals surface area contributed by atoms with Gasteiger partial charge in [0.1, 0.15) is 5.82 Å². The fourth-order valence-electron chi connectivity index (χ4n) is 6.89. The third-order valence-electron chi connectivity index (χ3n) is 9.50. The van der Waals surface area contributed by atoms with E-state index >= 15 is 0 Å². The molecule has 6 nitrogen and oxygen atoms in total. The van der Waals surface area contributed by atoms with Gasteiger partial charge in [-0.3, -0.25) is 9.55 Å². The normalized spacial score (nSPS) is 11.5. The molecule has 0 fully saturated rings. The Hall–Kier alpha value is -7.05. The molecule has 0 unspecified atom stereocenters. The number of hydrogen-bond donors (Lipinski definition) is 0. The molecule has 7 aromatic carbocycles. The maximum Gasteiger partial charge on any atom is 0.164 e. The van der Waals surface area contributed by atoms with Crippen LogP contribution < -0.4 is 0 Å². The van der Waals surface area contributed by atoms with Crippen LogP contribution in [0.15, 0.2) is 170 Å². The highest BCUT2D eigenvalue weighted by molar-refractivity contribution is 5.90. The summed E-state index contributed by atoms with van der Waals surface area (Å²) in [4.78, 5) is 24.7. The van der Waals surface area contributed by atoms with E-state index < -0.39 is 0 Å². The molecule has 0 N–H and O–H groups in total. The number of aromatic nitrogens is 6. The SMILES string of the molecule is c1ccc2cc(-c3nc(-c4ccc(-n5c(-c6ccc7ccccc7c6)nc6ccncc65)cc4)nc(-c4ccc5ccccc5c4)n3)ccc2c1. The molecule has 0 radical (unpaired) electrons. The van der Waals surface area contributed by atoms with Crippen molar-refractivity contribution < 1.29 is 0 Å². The summed E-state index contributed by atoms with van der Waals surface area (Å²) in [7, 11) is 0. The van der Waals surface area contributed by atoms with Crippen LogP contribution in [0.1, 0.15) is 0 Å². The quantitative estimate of drug-likeness (QED) is 0.185. The van der Waals surface area contributed by atoms with E-state index in [1.54, 1.807) is 6.20 Å². The Kier molecular flexibility index (Phi) is 6.70. The Bertz CT molecular complexity index is 2830. The predicted octanol–water partition coefficient (Wildman–Crippen LogP) is 10.7. The molecule has 0 aliphatic carbocycles. The van der Waals surface area contributed by atoms with Crippen LogP contribution >= 0.6 is 0 Å². The maximum absolute atomic E-state index is 5.07. The molecule has 0 amide bonds. The van der Waals surface area contributed by atoms with Crippen LogP contribution in [0.25, 0.3) is 94.6 Å². The molecule has 0 bridgehead atoms. The molecule has 10 aromatic rings. The summed E-state index contributed by atoms with van der Waals surface area (Å²) in [5.74, 6) is 2.72. The van der Waals surface area contributed by atoms with Crippen molar-refractivity contribution in [3.63, 3.8) is 0 Å². The first-order valence-electron chi connectivity index (χ1n) is 16.9. The fraction of sp³-hybridized carbons (Fsp3) is 0. The summed E-state index contributed by atoms with van der Waals surface area (Å²) in [5, 5.41) is 6.98. The van der Waals surface area contributed by atoms with Crippen LogP contribution in [0.5, 0.6) is 0 Å². The zero-order chi connectivity index (χ0) is 33.7. The van der Waals surface area contributed by atoms with E-state index in [1.165, 1.54) is 21.5 Å². The number of benzene rings is 7. The van der Waals surface area contributed by atoms with E-state index in [4.69, 9.17) is 19.9 Å². The van der Waals surface area contributed by atoms with Crippen LogP contribution in [-0.4, -0.2) is 29.5 Å². The van der Waals surface area contributed by atoms with Crippen molar-refractivity contribution in [2.75, 3.05) is 0 Å². The number of fused-ring (bicyclic) bond motifs is 4. The third-order valence-corrected chi connectivity index (χ3v) is 9.50. The molecule has 0 aliphatic heterocycles. The van der Waals surface area contributed by atoms with Gasteiger partial charge in [-0.05, 0) is 80.8 Å². The van der Waals surface area contributed by atoms with Crippen LogP contribution in [0.4, 0.5) is 0 Å². The number of rotatable bonds is 5.